The van der Waals surface area contributed by atoms with Crippen LogP contribution in [0.25, 0.3) is 0 Å². The third-order valence-electron chi connectivity index (χ3n) is 1.47. The van der Waals surface area contributed by atoms with E-state index in [-0.39, 0.29) is 0 Å². The first-order chi connectivity index (χ1) is 4.65. The monoisotopic (exact) mass is 155 g/mol. The van der Waals surface area contributed by atoms with Crippen LogP contribution in [0.5, 0.6) is 0 Å². The minimum atomic E-state index is -0.755. The molecule has 10 heavy (non-hydrogen) atoms. The number of amides is 1. The summed E-state index contributed by atoms with van der Waals surface area (Å²) in [7, 11) is 0. The minimum absolute atomic E-state index is 0.392. The van der Waals surface area contributed by atoms with Crippen LogP contribution >= 0.6 is 12.6 Å². The summed E-state index contributed by atoms with van der Waals surface area (Å²) in [5.74, 6) is -0.392. The predicted octanol–water partition coefficient (Wildman–Crippen LogP) is 0.656. The number of hydrogen-bond donors (Lipinski definition) is 2. The number of hydrogen-bond acceptors (Lipinski definition) is 2. The zero-order valence-electron chi connectivity index (χ0n) is 5.45. The van der Waals surface area contributed by atoms with Crippen molar-refractivity contribution >= 4 is 18.5 Å². The van der Waals surface area contributed by atoms with Gasteiger partial charge in [-0.1, -0.05) is 24.3 Å². The Labute approximate surface area is 65.2 Å². The summed E-state index contributed by atoms with van der Waals surface area (Å²) in [5.41, 5.74) is 5.10. The van der Waals surface area contributed by atoms with Gasteiger partial charge in [0.1, 0.15) is 4.75 Å². The molecule has 0 aliphatic heterocycles. The van der Waals surface area contributed by atoms with Crippen LogP contribution < -0.4 is 5.73 Å². The molecule has 54 valence electrons. The SMILES string of the molecule is NC(=O)C1(S)C=CC=CC1. The first-order valence-electron chi connectivity index (χ1n) is 3.02. The molecule has 1 aliphatic rings. The molecule has 0 spiro atoms. The van der Waals surface area contributed by atoms with Gasteiger partial charge in [-0.05, 0) is 6.42 Å². The number of allylic oxidation sites excluding steroid dienone is 3. The molecule has 1 aliphatic carbocycles. The molecule has 1 amide bonds. The highest BCUT2D eigenvalue weighted by atomic mass is 32.1. The molecule has 0 radical (unpaired) electrons. The molecule has 0 saturated carbocycles. The Bertz CT molecular complexity index is 210. The second kappa shape index (κ2) is 2.50. The van der Waals surface area contributed by atoms with Crippen LogP contribution in [-0.4, -0.2) is 10.7 Å². The summed E-state index contributed by atoms with van der Waals surface area (Å²) in [4.78, 5) is 10.7. The second-order valence-electron chi connectivity index (χ2n) is 2.28. The highest BCUT2D eigenvalue weighted by Crippen LogP contribution is 2.23. The van der Waals surface area contributed by atoms with Crippen molar-refractivity contribution < 1.29 is 4.79 Å². The number of rotatable bonds is 1. The van der Waals surface area contributed by atoms with Gasteiger partial charge in [0, 0.05) is 0 Å². The van der Waals surface area contributed by atoms with Gasteiger partial charge in [-0.3, -0.25) is 4.79 Å². The van der Waals surface area contributed by atoms with E-state index in [9.17, 15) is 4.79 Å². The molecule has 0 aromatic rings. The third-order valence-corrected chi connectivity index (χ3v) is 2.03. The molecule has 1 unspecified atom stereocenters. The Balaban J connectivity index is 2.80. The Morgan fingerprint density at radius 3 is 2.60 bits per heavy atom. The Morgan fingerprint density at radius 2 is 2.30 bits per heavy atom. The van der Waals surface area contributed by atoms with Gasteiger partial charge in [0.2, 0.25) is 5.91 Å². The zero-order valence-corrected chi connectivity index (χ0v) is 6.34. The van der Waals surface area contributed by atoms with Crippen molar-refractivity contribution in [1.29, 1.82) is 0 Å². The van der Waals surface area contributed by atoms with Crippen molar-refractivity contribution in [3.63, 3.8) is 0 Å². The Kier molecular flexibility index (Phi) is 1.85. The van der Waals surface area contributed by atoms with Crippen LogP contribution in [0.3, 0.4) is 0 Å². The number of carbonyl (C=O) groups excluding carboxylic acids is 1. The quantitative estimate of drug-likeness (QED) is 0.537. The molecular formula is C7H9NOS. The molecule has 0 bridgehead atoms. The van der Waals surface area contributed by atoms with Gasteiger partial charge in [-0.15, -0.1) is 0 Å². The van der Waals surface area contributed by atoms with Gasteiger partial charge in [0.25, 0.3) is 0 Å². The van der Waals surface area contributed by atoms with Crippen LogP contribution in [-0.2, 0) is 4.79 Å². The summed E-state index contributed by atoms with van der Waals surface area (Å²) in [6, 6.07) is 0. The van der Waals surface area contributed by atoms with Gasteiger partial charge in [0.05, 0.1) is 0 Å². The summed E-state index contributed by atoms with van der Waals surface area (Å²) in [6.45, 7) is 0. The lowest BCUT2D eigenvalue weighted by molar-refractivity contribution is -0.119. The lowest BCUT2D eigenvalue weighted by Gasteiger charge is -2.20. The van der Waals surface area contributed by atoms with Crippen LogP contribution in [0.15, 0.2) is 24.3 Å². The highest BCUT2D eigenvalue weighted by Gasteiger charge is 2.28. The molecule has 1 rings (SSSR count). The summed E-state index contributed by atoms with van der Waals surface area (Å²) < 4.78 is -0.755. The van der Waals surface area contributed by atoms with E-state index in [1.807, 2.05) is 12.2 Å². The summed E-state index contributed by atoms with van der Waals surface area (Å²) in [5, 5.41) is 0. The lowest BCUT2D eigenvalue weighted by Crippen LogP contribution is -2.37. The average molecular weight is 155 g/mol. The average Bonchev–Trinajstić information content (AvgIpc) is 1.89. The van der Waals surface area contributed by atoms with E-state index in [4.69, 9.17) is 5.73 Å². The third kappa shape index (κ3) is 1.24. The maximum atomic E-state index is 10.7. The molecule has 2 N–H and O–H groups in total. The molecular weight excluding hydrogens is 146 g/mol. The highest BCUT2D eigenvalue weighted by molar-refractivity contribution is 7.83. The molecule has 0 fully saturated rings. The second-order valence-corrected chi connectivity index (χ2v) is 3.08. The number of nitrogens with two attached hydrogens (primary N) is 1. The molecule has 0 saturated heterocycles. The summed E-state index contributed by atoms with van der Waals surface area (Å²) in [6.07, 6.45) is 7.82. The van der Waals surface area contributed by atoms with E-state index in [1.165, 1.54) is 0 Å². The molecule has 0 heterocycles. The van der Waals surface area contributed by atoms with E-state index < -0.39 is 10.7 Å². The Morgan fingerprint density at radius 1 is 1.60 bits per heavy atom. The van der Waals surface area contributed by atoms with Gasteiger partial charge >= 0.3 is 0 Å². The van der Waals surface area contributed by atoms with Gasteiger partial charge in [-0.25, -0.2) is 0 Å². The van der Waals surface area contributed by atoms with Crippen molar-refractivity contribution in [1.82, 2.24) is 0 Å². The predicted molar refractivity (Wildman–Crippen MR) is 43.8 cm³/mol. The first-order valence-corrected chi connectivity index (χ1v) is 3.46. The van der Waals surface area contributed by atoms with Crippen molar-refractivity contribution in [2.45, 2.75) is 11.2 Å². The van der Waals surface area contributed by atoms with Crippen LogP contribution in [0.1, 0.15) is 6.42 Å². The van der Waals surface area contributed by atoms with Gasteiger partial charge < -0.3 is 5.73 Å². The largest absolute Gasteiger partial charge is 0.368 e. The fraction of sp³-hybridized carbons (Fsp3) is 0.286. The fourth-order valence-electron chi connectivity index (χ4n) is 0.792. The number of thiol groups is 1. The fourth-order valence-corrected chi connectivity index (χ4v) is 0.983. The molecule has 3 heteroatoms. The standard InChI is InChI=1S/C7H9NOS/c8-6(9)7(10)4-2-1-3-5-7/h1-4,10H,5H2,(H2,8,9). The van der Waals surface area contributed by atoms with Crippen molar-refractivity contribution in [2.24, 2.45) is 5.73 Å². The van der Waals surface area contributed by atoms with Crippen molar-refractivity contribution in [2.75, 3.05) is 0 Å². The number of carbonyl (C=O) groups is 1. The topological polar surface area (TPSA) is 43.1 Å². The van der Waals surface area contributed by atoms with E-state index >= 15 is 0 Å². The maximum absolute atomic E-state index is 10.7. The zero-order chi connectivity index (χ0) is 7.61. The van der Waals surface area contributed by atoms with Gasteiger partial charge in [-0.2, -0.15) is 12.6 Å². The lowest BCUT2D eigenvalue weighted by atomic mass is 9.99. The Hall–Kier alpha value is -0.700. The normalized spacial score (nSPS) is 30.5. The maximum Gasteiger partial charge on any atom is 0.237 e. The van der Waals surface area contributed by atoms with Crippen molar-refractivity contribution in [3.8, 4) is 0 Å². The van der Waals surface area contributed by atoms with Crippen molar-refractivity contribution in [3.05, 3.63) is 24.3 Å². The minimum Gasteiger partial charge on any atom is -0.368 e. The van der Waals surface area contributed by atoms with Gasteiger partial charge in [0.15, 0.2) is 0 Å². The van der Waals surface area contributed by atoms with E-state index in [0.29, 0.717) is 6.42 Å². The van der Waals surface area contributed by atoms with E-state index in [2.05, 4.69) is 12.6 Å². The van der Waals surface area contributed by atoms with E-state index in [1.54, 1.807) is 12.2 Å². The van der Waals surface area contributed by atoms with Crippen LogP contribution in [0.4, 0.5) is 0 Å². The molecule has 0 aromatic carbocycles. The molecule has 2 nitrogen and oxygen atoms in total. The summed E-state index contributed by atoms with van der Waals surface area (Å²) >= 11 is 4.13. The smallest absolute Gasteiger partial charge is 0.237 e. The van der Waals surface area contributed by atoms with Crippen LogP contribution in [0.2, 0.25) is 0 Å². The van der Waals surface area contributed by atoms with Crippen LogP contribution in [0, 0.1) is 0 Å². The first kappa shape index (κ1) is 7.41. The molecule has 1 atom stereocenters. The number of primary amides is 1. The van der Waals surface area contributed by atoms with E-state index in [0.717, 1.165) is 0 Å². The molecule has 0 aromatic heterocycles.